The molecule has 3 aromatic rings. The largest absolute Gasteiger partial charge is 0.463 e. The lowest BCUT2D eigenvalue weighted by Gasteiger charge is -2.37. The van der Waals surface area contributed by atoms with E-state index < -0.39 is 5.41 Å². The first-order chi connectivity index (χ1) is 16.0. The first-order valence-corrected chi connectivity index (χ1v) is 11.6. The van der Waals surface area contributed by atoms with Crippen LogP contribution in [0.1, 0.15) is 49.2 Å². The molecule has 2 unspecified atom stereocenters. The van der Waals surface area contributed by atoms with Gasteiger partial charge in [-0.25, -0.2) is 13.9 Å². The Morgan fingerprint density at radius 3 is 2.21 bits per heavy atom. The zero-order valence-electron chi connectivity index (χ0n) is 19.3. The van der Waals surface area contributed by atoms with E-state index >= 15 is 0 Å². The average Bonchev–Trinajstić information content (AvgIpc) is 3.43. The van der Waals surface area contributed by atoms with Gasteiger partial charge >= 0.3 is 5.97 Å². The molecule has 1 amide bonds. The Labute approximate surface area is 195 Å². The molecule has 0 aliphatic heterocycles. The van der Waals surface area contributed by atoms with E-state index in [2.05, 4.69) is 4.57 Å². The highest BCUT2D eigenvalue weighted by Gasteiger charge is 2.51. The van der Waals surface area contributed by atoms with Crippen LogP contribution in [0.3, 0.4) is 0 Å². The molecule has 33 heavy (non-hydrogen) atoms. The van der Waals surface area contributed by atoms with Gasteiger partial charge in [0, 0.05) is 6.92 Å². The van der Waals surface area contributed by atoms with Crippen LogP contribution in [0.5, 0.6) is 0 Å². The fourth-order valence-electron chi connectivity index (χ4n) is 5.54. The van der Waals surface area contributed by atoms with Crippen LogP contribution in [0.25, 0.3) is 0 Å². The van der Waals surface area contributed by atoms with Crippen molar-refractivity contribution in [2.45, 2.75) is 51.1 Å². The summed E-state index contributed by atoms with van der Waals surface area (Å²) in [4.78, 5) is 25.2. The lowest BCUT2D eigenvalue weighted by Crippen LogP contribution is -2.47. The van der Waals surface area contributed by atoms with E-state index in [1.54, 1.807) is 0 Å². The molecule has 1 aromatic heterocycles. The summed E-state index contributed by atoms with van der Waals surface area (Å²) in [5.41, 5.74) is 7.21. The second-order valence-corrected chi connectivity index (χ2v) is 8.75. The van der Waals surface area contributed by atoms with Crippen molar-refractivity contribution in [3.8, 4) is 0 Å². The summed E-state index contributed by atoms with van der Waals surface area (Å²) < 4.78 is 9.24. The Hall–Kier alpha value is -3.41. The molecule has 1 aliphatic rings. The number of benzene rings is 2. The Morgan fingerprint density at radius 2 is 1.67 bits per heavy atom. The number of aromatic nitrogens is 2. The lowest BCUT2D eigenvalue weighted by molar-refractivity contribution is -0.691. The van der Waals surface area contributed by atoms with Crippen LogP contribution in [0.4, 0.5) is 0 Å². The van der Waals surface area contributed by atoms with Gasteiger partial charge in [-0.1, -0.05) is 60.7 Å². The third-order valence-corrected chi connectivity index (χ3v) is 7.06. The second-order valence-electron chi connectivity index (χ2n) is 8.75. The number of imidazole rings is 1. The number of carbonyl (C=O) groups is 2. The maximum Gasteiger partial charge on any atom is 0.348 e. The minimum atomic E-state index is -0.890. The monoisotopic (exact) mass is 446 g/mol. The van der Waals surface area contributed by atoms with Crippen LogP contribution in [-0.4, -0.2) is 23.1 Å². The third kappa shape index (κ3) is 4.17. The van der Waals surface area contributed by atoms with Crippen molar-refractivity contribution in [2.75, 3.05) is 6.61 Å². The number of nitrogens with zero attached hydrogens (tertiary/aromatic N) is 2. The number of primary amides is 1. The molecule has 6 nitrogen and oxygen atoms in total. The molecule has 1 saturated carbocycles. The molecule has 0 spiro atoms. The highest BCUT2D eigenvalue weighted by molar-refractivity contribution is 5.91. The van der Waals surface area contributed by atoms with Crippen molar-refractivity contribution in [2.24, 2.45) is 11.7 Å². The number of nitrogens with two attached hydrogens (primary N) is 1. The molecule has 0 bridgehead atoms. The van der Waals surface area contributed by atoms with Crippen LogP contribution >= 0.6 is 0 Å². The molecule has 2 atom stereocenters. The van der Waals surface area contributed by atoms with Gasteiger partial charge in [0.1, 0.15) is 23.9 Å². The van der Waals surface area contributed by atoms with E-state index in [-0.39, 0.29) is 30.4 Å². The highest BCUT2D eigenvalue weighted by atomic mass is 16.5. The number of rotatable bonds is 8. The standard InChI is InChI=1S/C27H31N3O3/c1-3-33-25(31)19-29-16-17-30(20(29)2)24-15-14-23(18-24)27(26(28)32,21-10-6-4-7-11-21)22-12-8-5-9-13-22/h4-13,16-17,23-24H,3,14-15,18-19H2,1-2H3,(H-,28,32)/p+1. The predicted molar refractivity (Wildman–Crippen MR) is 125 cm³/mol. The van der Waals surface area contributed by atoms with Gasteiger partial charge in [0.05, 0.1) is 6.61 Å². The van der Waals surface area contributed by atoms with Crippen LogP contribution in [0, 0.1) is 12.8 Å². The Balaban J connectivity index is 1.68. The maximum atomic E-state index is 13.3. The van der Waals surface area contributed by atoms with Crippen molar-refractivity contribution in [1.82, 2.24) is 4.57 Å². The topological polar surface area (TPSA) is 78.2 Å². The van der Waals surface area contributed by atoms with E-state index in [4.69, 9.17) is 10.5 Å². The van der Waals surface area contributed by atoms with Crippen molar-refractivity contribution < 1.29 is 18.9 Å². The number of carbonyl (C=O) groups excluding carboxylic acids is 2. The molecule has 2 N–H and O–H groups in total. The summed E-state index contributed by atoms with van der Waals surface area (Å²) in [6.07, 6.45) is 6.59. The van der Waals surface area contributed by atoms with E-state index in [1.807, 2.05) is 91.5 Å². The summed E-state index contributed by atoms with van der Waals surface area (Å²) >= 11 is 0. The Kier molecular flexibility index (Phi) is 6.63. The SMILES string of the molecule is CCOC(=O)C[n+]1ccn(C2CCC(C(C(N)=O)(c3ccccc3)c3ccccc3)C2)c1C. The number of hydrogen-bond donors (Lipinski definition) is 1. The number of amides is 1. The minimum Gasteiger partial charge on any atom is -0.463 e. The van der Waals surface area contributed by atoms with Gasteiger partial charge in [-0.15, -0.1) is 0 Å². The zero-order chi connectivity index (χ0) is 23.4. The molecular weight excluding hydrogens is 414 g/mol. The summed E-state index contributed by atoms with van der Waals surface area (Å²) in [6, 6.07) is 20.1. The molecule has 4 rings (SSSR count). The number of hydrogen-bond acceptors (Lipinski definition) is 3. The van der Waals surface area contributed by atoms with Gasteiger partial charge in [-0.2, -0.15) is 0 Å². The van der Waals surface area contributed by atoms with Gasteiger partial charge in [0.25, 0.3) is 5.82 Å². The molecule has 1 fully saturated rings. The van der Waals surface area contributed by atoms with Crippen LogP contribution < -0.4 is 10.3 Å². The molecule has 0 radical (unpaired) electrons. The summed E-state index contributed by atoms with van der Waals surface area (Å²) in [7, 11) is 0. The Bertz CT molecular complexity index is 1070. The summed E-state index contributed by atoms with van der Waals surface area (Å²) in [6.45, 7) is 4.39. The molecular formula is C27H32N3O3+. The number of esters is 1. The van der Waals surface area contributed by atoms with Crippen molar-refractivity contribution in [1.29, 1.82) is 0 Å². The first kappa shape index (κ1) is 22.8. The first-order valence-electron chi connectivity index (χ1n) is 11.6. The van der Waals surface area contributed by atoms with Crippen LogP contribution in [-0.2, 0) is 26.3 Å². The van der Waals surface area contributed by atoms with E-state index in [9.17, 15) is 9.59 Å². The minimum absolute atomic E-state index is 0.0603. The fraction of sp³-hybridized carbons (Fsp3) is 0.370. The molecule has 6 heteroatoms. The van der Waals surface area contributed by atoms with Crippen molar-refractivity contribution >= 4 is 11.9 Å². The fourth-order valence-corrected chi connectivity index (χ4v) is 5.54. The van der Waals surface area contributed by atoms with Gasteiger partial charge in [0.2, 0.25) is 5.91 Å². The number of ether oxygens (including phenoxy) is 1. The van der Waals surface area contributed by atoms with E-state index in [1.165, 1.54) is 0 Å². The zero-order valence-corrected chi connectivity index (χ0v) is 19.3. The van der Waals surface area contributed by atoms with Crippen molar-refractivity contribution in [3.05, 3.63) is 90.0 Å². The summed E-state index contributed by atoms with van der Waals surface area (Å²) in [5.74, 6) is 0.503. The molecule has 0 saturated heterocycles. The van der Waals surface area contributed by atoms with Crippen molar-refractivity contribution in [3.63, 3.8) is 0 Å². The highest BCUT2D eigenvalue weighted by Crippen LogP contribution is 2.49. The van der Waals surface area contributed by atoms with Crippen LogP contribution in [0.15, 0.2) is 73.1 Å². The van der Waals surface area contributed by atoms with Gasteiger partial charge < -0.3 is 10.5 Å². The average molecular weight is 447 g/mol. The lowest BCUT2D eigenvalue weighted by atomic mass is 9.64. The quantitative estimate of drug-likeness (QED) is 0.425. The molecule has 1 heterocycles. The molecule has 172 valence electrons. The summed E-state index contributed by atoms with van der Waals surface area (Å²) in [5, 5.41) is 0. The Morgan fingerprint density at radius 1 is 1.06 bits per heavy atom. The third-order valence-electron chi connectivity index (χ3n) is 7.06. The molecule has 1 aliphatic carbocycles. The van der Waals surface area contributed by atoms with Crippen LogP contribution in [0.2, 0.25) is 0 Å². The van der Waals surface area contributed by atoms with E-state index in [0.717, 1.165) is 36.2 Å². The smallest absolute Gasteiger partial charge is 0.348 e. The van der Waals surface area contributed by atoms with Gasteiger partial charge in [-0.3, -0.25) is 4.79 Å². The second kappa shape index (κ2) is 9.61. The maximum absolute atomic E-state index is 13.3. The predicted octanol–water partition coefficient (Wildman–Crippen LogP) is 3.46. The van der Waals surface area contributed by atoms with Gasteiger partial charge in [0.15, 0.2) is 6.54 Å². The molecule has 2 aromatic carbocycles. The van der Waals surface area contributed by atoms with E-state index in [0.29, 0.717) is 6.61 Å². The van der Waals surface area contributed by atoms with Gasteiger partial charge in [-0.05, 0) is 43.2 Å². The normalized spacial score (nSPS) is 18.2.